The van der Waals surface area contributed by atoms with Gasteiger partial charge in [-0.1, -0.05) is 30.0 Å². The van der Waals surface area contributed by atoms with Crippen LogP contribution in [0.25, 0.3) is 16.7 Å². The molecule has 2 aromatic heterocycles. The molecule has 0 aliphatic heterocycles. The Morgan fingerprint density at radius 3 is 2.72 bits per heavy atom. The lowest BCUT2D eigenvalue weighted by Crippen LogP contribution is -2.16. The zero-order chi connectivity index (χ0) is 20.4. The molecule has 29 heavy (non-hydrogen) atoms. The Bertz CT molecular complexity index is 1260. The molecule has 0 radical (unpaired) electrons. The van der Waals surface area contributed by atoms with E-state index in [0.717, 1.165) is 29.6 Å². The number of anilines is 1. The van der Waals surface area contributed by atoms with Gasteiger partial charge in [-0.2, -0.15) is 5.10 Å². The lowest BCUT2D eigenvalue weighted by Gasteiger charge is -2.07. The number of para-hydroxylation sites is 1. The summed E-state index contributed by atoms with van der Waals surface area (Å²) in [5, 5.41) is 7.09. The van der Waals surface area contributed by atoms with Crippen LogP contribution in [0.4, 0.5) is 14.5 Å². The molecule has 0 unspecified atom stereocenters. The number of hydrogen-bond donors (Lipinski definition) is 2. The quantitative estimate of drug-likeness (QED) is 0.387. The number of carbonyl (C=O) groups is 1. The van der Waals surface area contributed by atoms with Crippen molar-refractivity contribution < 1.29 is 13.6 Å². The van der Waals surface area contributed by atoms with E-state index in [-0.39, 0.29) is 22.2 Å². The fourth-order valence-corrected chi connectivity index (χ4v) is 3.29. The lowest BCUT2D eigenvalue weighted by molar-refractivity contribution is -0.113. The third kappa shape index (κ3) is 4.02. The van der Waals surface area contributed by atoms with E-state index in [2.05, 4.69) is 20.4 Å². The number of thioether (sulfide) groups is 1. The van der Waals surface area contributed by atoms with Crippen LogP contribution in [0.15, 0.2) is 64.7 Å². The van der Waals surface area contributed by atoms with Crippen molar-refractivity contribution in [3.05, 3.63) is 76.7 Å². The molecule has 4 aromatic rings. The van der Waals surface area contributed by atoms with Crippen LogP contribution in [-0.2, 0) is 4.79 Å². The summed E-state index contributed by atoms with van der Waals surface area (Å²) in [5.41, 5.74) is 0.578. The predicted molar refractivity (Wildman–Crippen MR) is 105 cm³/mol. The van der Waals surface area contributed by atoms with Crippen LogP contribution in [0.2, 0.25) is 0 Å². The Balaban J connectivity index is 1.54. The Kier molecular flexibility index (Phi) is 5.09. The molecular weight excluding hydrogens is 400 g/mol. The van der Waals surface area contributed by atoms with Crippen molar-refractivity contribution >= 4 is 34.4 Å². The molecule has 146 valence electrons. The van der Waals surface area contributed by atoms with E-state index in [1.807, 2.05) is 30.3 Å². The van der Waals surface area contributed by atoms with Crippen LogP contribution in [0.5, 0.6) is 0 Å². The fraction of sp³-hybridized carbons (Fsp3) is 0.0526. The summed E-state index contributed by atoms with van der Waals surface area (Å²) in [7, 11) is 0. The lowest BCUT2D eigenvalue weighted by atomic mass is 10.3. The van der Waals surface area contributed by atoms with Gasteiger partial charge in [0.2, 0.25) is 5.91 Å². The first kappa shape index (κ1) is 18.8. The molecule has 7 nitrogen and oxygen atoms in total. The standard InChI is InChI=1S/C19H13F2N5O2S/c20-11-6-7-15(14(21)8-11)23-16(27)10-29-19-24-17-13(18(28)25-19)9-22-26(17)12-4-2-1-3-5-12/h1-9H,10H2,(H,23,27)(H,24,25,28). The van der Waals surface area contributed by atoms with Gasteiger partial charge >= 0.3 is 0 Å². The monoisotopic (exact) mass is 413 g/mol. The average molecular weight is 413 g/mol. The molecule has 0 bridgehead atoms. The first-order valence-corrected chi connectivity index (χ1v) is 9.41. The van der Waals surface area contributed by atoms with Gasteiger partial charge in [0.15, 0.2) is 10.8 Å². The number of benzene rings is 2. The summed E-state index contributed by atoms with van der Waals surface area (Å²) >= 11 is 0.977. The second-order valence-corrected chi connectivity index (χ2v) is 6.93. The maximum absolute atomic E-state index is 13.6. The summed E-state index contributed by atoms with van der Waals surface area (Å²) in [4.78, 5) is 31.4. The number of nitrogens with zero attached hydrogens (tertiary/aromatic N) is 3. The summed E-state index contributed by atoms with van der Waals surface area (Å²) in [6.45, 7) is 0. The van der Waals surface area contributed by atoms with E-state index < -0.39 is 17.5 Å². The van der Waals surface area contributed by atoms with Crippen molar-refractivity contribution in [2.24, 2.45) is 0 Å². The minimum absolute atomic E-state index is 0.129. The Labute approximate surface area is 166 Å². The largest absolute Gasteiger partial charge is 0.323 e. The molecule has 10 heteroatoms. The summed E-state index contributed by atoms with van der Waals surface area (Å²) < 4.78 is 28.1. The maximum Gasteiger partial charge on any atom is 0.262 e. The second-order valence-electron chi connectivity index (χ2n) is 5.96. The average Bonchev–Trinajstić information content (AvgIpc) is 3.14. The SMILES string of the molecule is O=C(CSc1nc2c(cnn2-c2ccccc2)c(=O)[nH]1)Nc1ccc(F)cc1F. The first-order chi connectivity index (χ1) is 14.0. The normalized spacial score (nSPS) is 11.0. The van der Waals surface area contributed by atoms with Crippen molar-refractivity contribution in [3.8, 4) is 5.69 Å². The van der Waals surface area contributed by atoms with Gasteiger partial charge in [-0.3, -0.25) is 9.59 Å². The molecule has 0 atom stereocenters. The molecule has 0 fully saturated rings. The van der Waals surface area contributed by atoms with Gasteiger partial charge in [0, 0.05) is 6.07 Å². The third-order valence-corrected chi connectivity index (χ3v) is 4.84. The van der Waals surface area contributed by atoms with Crippen LogP contribution < -0.4 is 10.9 Å². The molecule has 0 spiro atoms. The van der Waals surface area contributed by atoms with Crippen LogP contribution in [0, 0.1) is 11.6 Å². The molecule has 0 aliphatic carbocycles. The van der Waals surface area contributed by atoms with E-state index in [9.17, 15) is 18.4 Å². The zero-order valence-corrected chi connectivity index (χ0v) is 15.5. The second kappa shape index (κ2) is 7.84. The molecule has 2 heterocycles. The highest BCUT2D eigenvalue weighted by molar-refractivity contribution is 7.99. The molecular formula is C19H13F2N5O2S. The Morgan fingerprint density at radius 2 is 1.97 bits per heavy atom. The van der Waals surface area contributed by atoms with Crippen molar-refractivity contribution in [1.82, 2.24) is 19.7 Å². The minimum atomic E-state index is -0.872. The number of amides is 1. The summed E-state index contributed by atoms with van der Waals surface area (Å²) in [6, 6.07) is 12.1. The molecule has 2 aromatic carbocycles. The maximum atomic E-state index is 13.6. The van der Waals surface area contributed by atoms with E-state index >= 15 is 0 Å². The summed E-state index contributed by atoms with van der Waals surface area (Å²) in [5.74, 6) is -2.27. The molecule has 0 saturated heterocycles. The smallest absolute Gasteiger partial charge is 0.262 e. The van der Waals surface area contributed by atoms with Crippen LogP contribution in [-0.4, -0.2) is 31.4 Å². The summed E-state index contributed by atoms with van der Waals surface area (Å²) in [6.07, 6.45) is 1.42. The van der Waals surface area contributed by atoms with Gasteiger partial charge in [0.1, 0.15) is 17.0 Å². The van der Waals surface area contributed by atoms with E-state index in [4.69, 9.17) is 0 Å². The third-order valence-electron chi connectivity index (χ3n) is 3.96. The van der Waals surface area contributed by atoms with Gasteiger partial charge < -0.3 is 10.3 Å². The van der Waals surface area contributed by atoms with Gasteiger partial charge in [0.05, 0.1) is 23.3 Å². The van der Waals surface area contributed by atoms with Crippen molar-refractivity contribution in [2.75, 3.05) is 11.1 Å². The highest BCUT2D eigenvalue weighted by Gasteiger charge is 2.14. The van der Waals surface area contributed by atoms with Crippen molar-refractivity contribution in [2.45, 2.75) is 5.16 Å². The van der Waals surface area contributed by atoms with Crippen molar-refractivity contribution in [3.63, 3.8) is 0 Å². The topological polar surface area (TPSA) is 92.7 Å². The van der Waals surface area contributed by atoms with E-state index in [1.54, 1.807) is 0 Å². The zero-order valence-electron chi connectivity index (χ0n) is 14.7. The Morgan fingerprint density at radius 1 is 1.17 bits per heavy atom. The predicted octanol–water partition coefficient (Wildman–Crippen LogP) is 3.12. The Hall–Kier alpha value is -3.53. The highest BCUT2D eigenvalue weighted by atomic mass is 32.2. The fourth-order valence-electron chi connectivity index (χ4n) is 2.64. The number of rotatable bonds is 5. The van der Waals surface area contributed by atoms with Crippen LogP contribution >= 0.6 is 11.8 Å². The van der Waals surface area contributed by atoms with E-state index in [1.165, 1.54) is 10.9 Å². The van der Waals surface area contributed by atoms with Crippen LogP contribution in [0.1, 0.15) is 0 Å². The molecule has 0 saturated carbocycles. The number of aromatic nitrogens is 4. The number of hydrogen-bond acceptors (Lipinski definition) is 5. The number of nitrogens with one attached hydrogen (secondary N) is 2. The minimum Gasteiger partial charge on any atom is -0.323 e. The van der Waals surface area contributed by atoms with Crippen LogP contribution in [0.3, 0.4) is 0 Å². The van der Waals surface area contributed by atoms with Crippen molar-refractivity contribution in [1.29, 1.82) is 0 Å². The molecule has 4 rings (SSSR count). The van der Waals surface area contributed by atoms with Gasteiger partial charge in [0.25, 0.3) is 5.56 Å². The number of fused-ring (bicyclic) bond motifs is 1. The first-order valence-electron chi connectivity index (χ1n) is 8.42. The molecule has 2 N–H and O–H groups in total. The highest BCUT2D eigenvalue weighted by Crippen LogP contribution is 2.19. The number of aromatic amines is 1. The molecule has 1 amide bonds. The van der Waals surface area contributed by atoms with E-state index in [0.29, 0.717) is 17.1 Å². The van der Waals surface area contributed by atoms with Gasteiger partial charge in [-0.25, -0.2) is 18.4 Å². The molecule has 0 aliphatic rings. The number of carbonyl (C=O) groups excluding carboxylic acids is 1. The number of H-pyrrole nitrogens is 1. The van der Waals surface area contributed by atoms with Gasteiger partial charge in [-0.15, -0.1) is 0 Å². The number of halogens is 2. The van der Waals surface area contributed by atoms with Gasteiger partial charge in [-0.05, 0) is 24.3 Å².